The van der Waals surface area contributed by atoms with Crippen molar-refractivity contribution in [1.29, 1.82) is 0 Å². The molecule has 0 saturated heterocycles. The third-order valence-electron chi connectivity index (χ3n) is 4.29. The van der Waals surface area contributed by atoms with Crippen molar-refractivity contribution in [3.8, 4) is 11.5 Å². The molecule has 0 radical (unpaired) electrons. The lowest BCUT2D eigenvalue weighted by Gasteiger charge is -2.13. The number of phenols is 1. The van der Waals surface area contributed by atoms with Crippen LogP contribution in [0.15, 0.2) is 71.6 Å². The summed E-state index contributed by atoms with van der Waals surface area (Å²) < 4.78 is 33.1. The molecule has 0 heterocycles. The number of primary amides is 1. The molecular weight excluding hydrogens is 422 g/mol. The number of benzene rings is 3. The molecule has 9 nitrogen and oxygen atoms in total. The zero-order valence-corrected chi connectivity index (χ0v) is 17.1. The van der Waals surface area contributed by atoms with E-state index >= 15 is 0 Å². The number of aromatic hydroxyl groups is 1. The zero-order chi connectivity index (χ0) is 22.6. The van der Waals surface area contributed by atoms with E-state index in [0.29, 0.717) is 5.75 Å². The smallest absolute Gasteiger partial charge is 0.262 e. The maximum absolute atomic E-state index is 12.8. The van der Waals surface area contributed by atoms with Gasteiger partial charge < -0.3 is 20.9 Å². The quantitative estimate of drug-likeness (QED) is 0.414. The number of methoxy groups -OCH3 is 1. The molecule has 31 heavy (non-hydrogen) atoms. The first-order valence-corrected chi connectivity index (χ1v) is 10.4. The number of phenolic OH excluding ortho intramolecular Hbond substituents is 1. The van der Waals surface area contributed by atoms with Gasteiger partial charge in [0.15, 0.2) is 0 Å². The maximum atomic E-state index is 12.8. The van der Waals surface area contributed by atoms with Crippen LogP contribution in [0.3, 0.4) is 0 Å². The molecule has 0 saturated carbocycles. The van der Waals surface area contributed by atoms with Crippen molar-refractivity contribution in [3.63, 3.8) is 0 Å². The molecule has 0 bridgehead atoms. The Bertz CT molecular complexity index is 1260. The highest BCUT2D eigenvalue weighted by Crippen LogP contribution is 2.30. The van der Waals surface area contributed by atoms with E-state index in [9.17, 15) is 23.1 Å². The largest absolute Gasteiger partial charge is 0.506 e. The van der Waals surface area contributed by atoms with Crippen LogP contribution in [0.2, 0.25) is 0 Å². The van der Waals surface area contributed by atoms with Crippen LogP contribution in [0.5, 0.6) is 11.5 Å². The number of carbonyl (C=O) groups is 2. The van der Waals surface area contributed by atoms with Gasteiger partial charge in [0.2, 0.25) is 5.91 Å². The molecule has 0 unspecified atom stereocenters. The molecule has 0 aliphatic heterocycles. The van der Waals surface area contributed by atoms with Crippen LogP contribution in [0.1, 0.15) is 20.7 Å². The summed E-state index contributed by atoms with van der Waals surface area (Å²) in [7, 11) is -2.65. The summed E-state index contributed by atoms with van der Waals surface area (Å²) >= 11 is 0. The minimum Gasteiger partial charge on any atom is -0.506 e. The van der Waals surface area contributed by atoms with Crippen molar-refractivity contribution in [2.75, 3.05) is 17.1 Å². The summed E-state index contributed by atoms with van der Waals surface area (Å²) in [6, 6.07) is 15.6. The first-order chi connectivity index (χ1) is 14.7. The molecule has 3 aromatic carbocycles. The average molecular weight is 441 g/mol. The van der Waals surface area contributed by atoms with Gasteiger partial charge in [-0.1, -0.05) is 18.2 Å². The lowest BCUT2D eigenvalue weighted by Crippen LogP contribution is -2.16. The van der Waals surface area contributed by atoms with Crippen molar-refractivity contribution in [2.45, 2.75) is 4.90 Å². The molecule has 0 spiro atoms. The van der Waals surface area contributed by atoms with Crippen molar-refractivity contribution < 1.29 is 27.9 Å². The second-order valence-electron chi connectivity index (χ2n) is 6.38. The van der Waals surface area contributed by atoms with E-state index in [-0.39, 0.29) is 33.1 Å². The van der Waals surface area contributed by atoms with E-state index in [1.54, 1.807) is 18.2 Å². The molecule has 0 atom stereocenters. The number of rotatable bonds is 7. The number of nitrogens with two attached hydrogens (primary N) is 1. The zero-order valence-electron chi connectivity index (χ0n) is 16.3. The molecule has 0 aliphatic carbocycles. The number of hydrogen-bond acceptors (Lipinski definition) is 6. The molecular formula is C21H19N3O6S. The molecule has 2 amide bonds. The second-order valence-corrected chi connectivity index (χ2v) is 8.07. The normalized spacial score (nSPS) is 10.9. The lowest BCUT2D eigenvalue weighted by molar-refractivity contribution is 0.1000. The molecule has 0 fully saturated rings. The minimum atomic E-state index is -4.06. The number of sulfonamides is 1. The van der Waals surface area contributed by atoms with Crippen molar-refractivity contribution in [2.24, 2.45) is 5.73 Å². The van der Waals surface area contributed by atoms with Crippen LogP contribution in [0, 0.1) is 0 Å². The van der Waals surface area contributed by atoms with Gasteiger partial charge in [-0.3, -0.25) is 14.3 Å². The summed E-state index contributed by atoms with van der Waals surface area (Å²) in [6.45, 7) is 0. The van der Waals surface area contributed by atoms with Crippen LogP contribution in [0.4, 0.5) is 11.4 Å². The third kappa shape index (κ3) is 4.93. The Morgan fingerprint density at radius 3 is 2.35 bits per heavy atom. The predicted octanol–water partition coefficient (Wildman–Crippen LogP) is 2.55. The van der Waals surface area contributed by atoms with E-state index in [2.05, 4.69) is 10.0 Å². The molecule has 0 aromatic heterocycles. The Balaban J connectivity index is 1.88. The summed E-state index contributed by atoms with van der Waals surface area (Å²) in [4.78, 5) is 23.6. The topological polar surface area (TPSA) is 148 Å². The molecule has 0 aliphatic rings. The fourth-order valence-corrected chi connectivity index (χ4v) is 3.82. The van der Waals surface area contributed by atoms with E-state index in [1.807, 2.05) is 0 Å². The lowest BCUT2D eigenvalue weighted by atomic mass is 10.1. The van der Waals surface area contributed by atoms with Crippen LogP contribution in [-0.4, -0.2) is 32.4 Å². The van der Waals surface area contributed by atoms with Crippen molar-refractivity contribution >= 4 is 33.2 Å². The van der Waals surface area contributed by atoms with Crippen LogP contribution < -0.4 is 20.5 Å². The van der Waals surface area contributed by atoms with Gasteiger partial charge in [0.25, 0.3) is 15.9 Å². The van der Waals surface area contributed by atoms with Gasteiger partial charge in [-0.15, -0.1) is 0 Å². The van der Waals surface area contributed by atoms with Crippen LogP contribution in [0.25, 0.3) is 0 Å². The summed E-state index contributed by atoms with van der Waals surface area (Å²) in [5.41, 5.74) is 5.56. The fourth-order valence-electron chi connectivity index (χ4n) is 2.72. The number of ether oxygens (including phenoxy) is 1. The third-order valence-corrected chi connectivity index (χ3v) is 5.65. The maximum Gasteiger partial charge on any atom is 0.262 e. The number of hydrogen-bond donors (Lipinski definition) is 4. The Morgan fingerprint density at radius 1 is 0.935 bits per heavy atom. The van der Waals surface area contributed by atoms with Crippen molar-refractivity contribution in [1.82, 2.24) is 0 Å². The number of para-hydroxylation sites is 2. The summed E-state index contributed by atoms with van der Waals surface area (Å²) in [6.07, 6.45) is 0. The molecule has 3 aromatic rings. The van der Waals surface area contributed by atoms with Crippen LogP contribution >= 0.6 is 0 Å². The predicted molar refractivity (Wildman–Crippen MR) is 115 cm³/mol. The van der Waals surface area contributed by atoms with Gasteiger partial charge in [-0.05, 0) is 48.5 Å². The van der Waals surface area contributed by atoms with E-state index in [4.69, 9.17) is 10.5 Å². The Kier molecular flexibility index (Phi) is 6.12. The van der Waals surface area contributed by atoms with Gasteiger partial charge in [0.1, 0.15) is 11.5 Å². The molecule has 160 valence electrons. The first-order valence-electron chi connectivity index (χ1n) is 8.91. The van der Waals surface area contributed by atoms with E-state index in [1.165, 1.54) is 43.5 Å². The van der Waals surface area contributed by atoms with Gasteiger partial charge in [0.05, 0.1) is 23.4 Å². The van der Waals surface area contributed by atoms with Crippen LogP contribution in [-0.2, 0) is 10.0 Å². The number of anilines is 2. The monoisotopic (exact) mass is 441 g/mol. The standard InChI is InChI=1S/C21H19N3O6S/c1-30-19-8-3-2-7-16(19)24-31(28,29)15-9-10-18(25)17(12-15)23-21(27)14-6-4-5-13(11-14)20(22)26/h2-12,24-25H,1H3,(H2,22,26)(H,23,27). The molecule has 10 heteroatoms. The average Bonchev–Trinajstić information content (AvgIpc) is 2.75. The Morgan fingerprint density at radius 2 is 1.65 bits per heavy atom. The Hall–Kier alpha value is -4.05. The minimum absolute atomic E-state index is 0.108. The molecule has 5 N–H and O–H groups in total. The fraction of sp³-hybridized carbons (Fsp3) is 0.0476. The highest BCUT2D eigenvalue weighted by Gasteiger charge is 2.19. The SMILES string of the molecule is COc1ccccc1NS(=O)(=O)c1ccc(O)c(NC(=O)c2cccc(C(N)=O)c2)c1. The number of carbonyl (C=O) groups excluding carboxylic acids is 2. The highest BCUT2D eigenvalue weighted by atomic mass is 32.2. The highest BCUT2D eigenvalue weighted by molar-refractivity contribution is 7.92. The second kappa shape index (κ2) is 8.76. The van der Waals surface area contributed by atoms with Crippen molar-refractivity contribution in [3.05, 3.63) is 77.9 Å². The van der Waals surface area contributed by atoms with E-state index < -0.39 is 21.8 Å². The number of nitrogens with one attached hydrogen (secondary N) is 2. The molecule has 3 rings (SSSR count). The van der Waals surface area contributed by atoms with Gasteiger partial charge in [-0.25, -0.2) is 8.42 Å². The van der Waals surface area contributed by atoms with E-state index in [0.717, 1.165) is 12.1 Å². The number of amides is 2. The van der Waals surface area contributed by atoms with Gasteiger partial charge >= 0.3 is 0 Å². The Labute approximate surface area is 178 Å². The first kappa shape index (κ1) is 21.7. The summed E-state index contributed by atoms with van der Waals surface area (Å²) in [5, 5.41) is 12.5. The van der Waals surface area contributed by atoms with Gasteiger partial charge in [0, 0.05) is 11.1 Å². The van der Waals surface area contributed by atoms with Gasteiger partial charge in [-0.2, -0.15) is 0 Å². The summed E-state index contributed by atoms with van der Waals surface area (Å²) in [5.74, 6) is -1.37.